The molecule has 5 heteroatoms. The summed E-state index contributed by atoms with van der Waals surface area (Å²) in [6.07, 6.45) is -0.444. The van der Waals surface area contributed by atoms with Crippen LogP contribution in [-0.4, -0.2) is 23.9 Å². The van der Waals surface area contributed by atoms with Crippen molar-refractivity contribution in [3.63, 3.8) is 0 Å². The molecule has 0 saturated carbocycles. The summed E-state index contributed by atoms with van der Waals surface area (Å²) in [6.45, 7) is 0.380. The fourth-order valence-electron chi connectivity index (χ4n) is 1.78. The molecule has 5 nitrogen and oxygen atoms in total. The van der Waals surface area contributed by atoms with Gasteiger partial charge in [0.2, 0.25) is 5.91 Å². The minimum absolute atomic E-state index is 0.380. The molecular weight excluding hydrogens is 268 g/mol. The third-order valence-electron chi connectivity index (χ3n) is 2.92. The molecule has 0 fully saturated rings. The normalized spacial score (nSPS) is 9.95. The molecule has 0 atom stereocenters. The van der Waals surface area contributed by atoms with Gasteiger partial charge in [0.25, 0.3) is 0 Å². The molecule has 2 amide bonds. The number of para-hydroxylation sites is 1. The number of ether oxygens (including phenoxy) is 1. The van der Waals surface area contributed by atoms with Crippen molar-refractivity contribution in [1.82, 2.24) is 4.90 Å². The highest BCUT2D eigenvalue weighted by atomic mass is 16.6. The number of nitrogens with two attached hydrogens (primary N) is 1. The molecule has 0 saturated heterocycles. The molecule has 0 aliphatic rings. The Morgan fingerprint density at radius 3 is 2.24 bits per heavy atom. The van der Waals surface area contributed by atoms with Gasteiger partial charge >= 0.3 is 6.09 Å². The first-order valence-corrected chi connectivity index (χ1v) is 6.43. The Kier molecular flexibility index (Phi) is 4.56. The lowest BCUT2D eigenvalue weighted by Crippen LogP contribution is -2.29. The van der Waals surface area contributed by atoms with Crippen molar-refractivity contribution in [3.05, 3.63) is 65.7 Å². The number of hydrogen-bond donors (Lipinski definition) is 1. The number of carbonyl (C=O) groups excluding carboxylic acids is 2. The summed E-state index contributed by atoms with van der Waals surface area (Å²) in [7, 11) is 1.65. The molecule has 0 aliphatic carbocycles. The molecule has 0 unspecified atom stereocenters. The lowest BCUT2D eigenvalue weighted by atomic mass is 10.1. The number of rotatable bonds is 4. The molecule has 2 N–H and O–H groups in total. The van der Waals surface area contributed by atoms with Gasteiger partial charge in [0.1, 0.15) is 5.75 Å². The first-order valence-electron chi connectivity index (χ1n) is 6.43. The summed E-state index contributed by atoms with van der Waals surface area (Å²) in [6, 6.07) is 15.7. The number of primary amides is 1. The van der Waals surface area contributed by atoms with Crippen molar-refractivity contribution < 1.29 is 14.3 Å². The van der Waals surface area contributed by atoms with Crippen molar-refractivity contribution in [3.8, 4) is 5.75 Å². The second-order valence-electron chi connectivity index (χ2n) is 4.60. The predicted octanol–water partition coefficient (Wildman–Crippen LogP) is 2.42. The molecule has 0 spiro atoms. The van der Waals surface area contributed by atoms with Crippen LogP contribution in [0, 0.1) is 0 Å². The Morgan fingerprint density at radius 2 is 1.67 bits per heavy atom. The van der Waals surface area contributed by atoms with Crippen LogP contribution in [0.2, 0.25) is 0 Å². The SMILES string of the molecule is CN(Cc1ccc(C(N)=O)cc1)C(=O)Oc1ccccc1. The standard InChI is InChI=1S/C16H16N2O3/c1-18(16(20)21-14-5-3-2-4-6-14)11-12-7-9-13(10-8-12)15(17)19/h2-10H,11H2,1H3,(H2,17,19). The second kappa shape index (κ2) is 6.56. The maximum atomic E-state index is 11.9. The van der Waals surface area contributed by atoms with E-state index in [1.165, 1.54) is 4.90 Å². The lowest BCUT2D eigenvalue weighted by Gasteiger charge is -2.17. The highest BCUT2D eigenvalue weighted by molar-refractivity contribution is 5.92. The lowest BCUT2D eigenvalue weighted by molar-refractivity contribution is 0.1000. The van der Waals surface area contributed by atoms with Crippen LogP contribution < -0.4 is 10.5 Å². The second-order valence-corrected chi connectivity index (χ2v) is 4.60. The van der Waals surface area contributed by atoms with E-state index in [0.29, 0.717) is 17.9 Å². The molecule has 21 heavy (non-hydrogen) atoms. The van der Waals surface area contributed by atoms with Gasteiger partial charge < -0.3 is 15.4 Å². The van der Waals surface area contributed by atoms with Crippen LogP contribution in [0.25, 0.3) is 0 Å². The van der Waals surface area contributed by atoms with Crippen LogP contribution in [0.1, 0.15) is 15.9 Å². The molecule has 0 heterocycles. The Morgan fingerprint density at radius 1 is 1.05 bits per heavy atom. The minimum Gasteiger partial charge on any atom is -0.410 e. The maximum absolute atomic E-state index is 11.9. The first-order chi connectivity index (χ1) is 10.1. The van der Waals surface area contributed by atoms with E-state index in [1.807, 2.05) is 6.07 Å². The fraction of sp³-hybridized carbons (Fsp3) is 0.125. The Bertz CT molecular complexity index is 624. The fourth-order valence-corrected chi connectivity index (χ4v) is 1.78. The van der Waals surface area contributed by atoms with E-state index >= 15 is 0 Å². The van der Waals surface area contributed by atoms with E-state index in [1.54, 1.807) is 55.6 Å². The number of nitrogens with zero attached hydrogens (tertiary/aromatic N) is 1. The summed E-state index contributed by atoms with van der Waals surface area (Å²) in [5.41, 5.74) is 6.50. The molecule has 0 aromatic heterocycles. The van der Waals surface area contributed by atoms with Gasteiger partial charge in [0, 0.05) is 19.2 Å². The van der Waals surface area contributed by atoms with Gasteiger partial charge in [-0.15, -0.1) is 0 Å². The molecule has 0 radical (unpaired) electrons. The molecule has 2 aromatic carbocycles. The average Bonchev–Trinajstić information content (AvgIpc) is 2.48. The average molecular weight is 284 g/mol. The van der Waals surface area contributed by atoms with Crippen LogP contribution in [0.4, 0.5) is 4.79 Å². The van der Waals surface area contributed by atoms with Crippen LogP contribution >= 0.6 is 0 Å². The van der Waals surface area contributed by atoms with Gasteiger partial charge in [-0.05, 0) is 29.8 Å². The van der Waals surface area contributed by atoms with E-state index in [9.17, 15) is 9.59 Å². The molecule has 108 valence electrons. The van der Waals surface area contributed by atoms with Crippen LogP contribution in [0.15, 0.2) is 54.6 Å². The third kappa shape index (κ3) is 4.07. The highest BCUT2D eigenvalue weighted by Gasteiger charge is 2.11. The van der Waals surface area contributed by atoms with Gasteiger partial charge in [-0.2, -0.15) is 0 Å². The number of benzene rings is 2. The van der Waals surface area contributed by atoms with Crippen molar-refractivity contribution in [2.45, 2.75) is 6.54 Å². The molecular formula is C16H16N2O3. The zero-order chi connectivity index (χ0) is 15.2. The highest BCUT2D eigenvalue weighted by Crippen LogP contribution is 2.12. The van der Waals surface area contributed by atoms with Gasteiger partial charge in [-0.3, -0.25) is 4.79 Å². The molecule has 2 aromatic rings. The Labute approximate surface area is 122 Å². The van der Waals surface area contributed by atoms with Gasteiger partial charge in [0.15, 0.2) is 0 Å². The quantitative estimate of drug-likeness (QED) is 0.937. The summed E-state index contributed by atoms with van der Waals surface area (Å²) in [4.78, 5) is 24.4. The van der Waals surface area contributed by atoms with Crippen molar-refractivity contribution in [1.29, 1.82) is 0 Å². The van der Waals surface area contributed by atoms with Crippen LogP contribution in [-0.2, 0) is 6.54 Å². The minimum atomic E-state index is -0.474. The van der Waals surface area contributed by atoms with E-state index in [-0.39, 0.29) is 0 Å². The maximum Gasteiger partial charge on any atom is 0.415 e. The van der Waals surface area contributed by atoms with E-state index in [4.69, 9.17) is 10.5 Å². The van der Waals surface area contributed by atoms with E-state index < -0.39 is 12.0 Å². The van der Waals surface area contributed by atoms with Crippen molar-refractivity contribution >= 4 is 12.0 Å². The van der Waals surface area contributed by atoms with Crippen LogP contribution in [0.5, 0.6) is 5.75 Å². The molecule has 2 rings (SSSR count). The van der Waals surface area contributed by atoms with Crippen LogP contribution in [0.3, 0.4) is 0 Å². The number of carbonyl (C=O) groups is 2. The van der Waals surface area contributed by atoms with Gasteiger partial charge in [-0.25, -0.2) is 4.79 Å². The zero-order valence-corrected chi connectivity index (χ0v) is 11.7. The Balaban J connectivity index is 1.95. The Hall–Kier alpha value is -2.82. The number of amides is 2. The van der Waals surface area contributed by atoms with Gasteiger partial charge in [-0.1, -0.05) is 30.3 Å². The summed E-state index contributed by atoms with van der Waals surface area (Å²) in [5.74, 6) is 0.0248. The summed E-state index contributed by atoms with van der Waals surface area (Å²) < 4.78 is 5.22. The summed E-state index contributed by atoms with van der Waals surface area (Å²) >= 11 is 0. The zero-order valence-electron chi connectivity index (χ0n) is 11.7. The summed E-state index contributed by atoms with van der Waals surface area (Å²) in [5, 5.41) is 0. The third-order valence-corrected chi connectivity index (χ3v) is 2.92. The van der Waals surface area contributed by atoms with Crippen molar-refractivity contribution in [2.75, 3.05) is 7.05 Å². The largest absolute Gasteiger partial charge is 0.415 e. The molecule has 0 bridgehead atoms. The smallest absolute Gasteiger partial charge is 0.410 e. The number of hydrogen-bond acceptors (Lipinski definition) is 3. The first kappa shape index (κ1) is 14.6. The predicted molar refractivity (Wildman–Crippen MR) is 78.9 cm³/mol. The van der Waals surface area contributed by atoms with E-state index in [0.717, 1.165) is 5.56 Å². The topological polar surface area (TPSA) is 72.6 Å². The monoisotopic (exact) mass is 284 g/mol. The van der Waals surface area contributed by atoms with Gasteiger partial charge in [0.05, 0.1) is 0 Å². The van der Waals surface area contributed by atoms with Crippen molar-refractivity contribution in [2.24, 2.45) is 5.73 Å². The van der Waals surface area contributed by atoms with E-state index in [2.05, 4.69) is 0 Å². The molecule has 0 aliphatic heterocycles.